The number of hydrogen-bond donors (Lipinski definition) is 1. The number of aromatic nitrogens is 1. The van der Waals surface area contributed by atoms with Gasteiger partial charge in [-0.05, 0) is 36.4 Å². The predicted molar refractivity (Wildman–Crippen MR) is 107 cm³/mol. The van der Waals surface area contributed by atoms with Crippen molar-refractivity contribution in [3.05, 3.63) is 46.4 Å². The van der Waals surface area contributed by atoms with E-state index in [-0.39, 0.29) is 6.54 Å². The lowest BCUT2D eigenvalue weighted by Gasteiger charge is -2.32. The summed E-state index contributed by atoms with van der Waals surface area (Å²) in [6.07, 6.45) is -6.56. The van der Waals surface area contributed by atoms with Crippen molar-refractivity contribution in [3.8, 4) is 0 Å². The predicted octanol–water partition coefficient (Wildman–Crippen LogP) is 6.65. The summed E-state index contributed by atoms with van der Waals surface area (Å²) in [4.78, 5) is 0. The highest BCUT2D eigenvalue weighted by atomic mass is 35.5. The van der Waals surface area contributed by atoms with Gasteiger partial charge in [-0.1, -0.05) is 23.2 Å². The molecule has 182 valence electrons. The Labute approximate surface area is 191 Å². The standard InChI is InChI=1S/C20H15Cl2F8NO2/c21-10-1-3-15-13(5-10)14-6-11(22)2-4-16(14)31(15)7-12(32)8-33-9-18(25,26)20(29,30)19(27,28)17(23)24/h1-6,12,17,32H,7-9H2/t12-/m1/s1. The maximum atomic E-state index is 13.6. The first-order chi connectivity index (χ1) is 15.2. The number of ether oxygens (including phenoxy) is 1. The average molecular weight is 524 g/mol. The van der Waals surface area contributed by atoms with E-state index in [0.717, 1.165) is 0 Å². The van der Waals surface area contributed by atoms with E-state index in [0.29, 0.717) is 31.9 Å². The summed E-state index contributed by atoms with van der Waals surface area (Å²) < 4.78 is 110. The minimum absolute atomic E-state index is 0.265. The molecule has 3 nitrogen and oxygen atoms in total. The lowest BCUT2D eigenvalue weighted by atomic mass is 10.1. The van der Waals surface area contributed by atoms with E-state index in [4.69, 9.17) is 23.2 Å². The third kappa shape index (κ3) is 4.73. The summed E-state index contributed by atoms with van der Waals surface area (Å²) in [6.45, 7) is -3.54. The molecule has 0 saturated carbocycles. The first-order valence-corrected chi connectivity index (χ1v) is 9.99. The lowest BCUT2D eigenvalue weighted by Crippen LogP contribution is -2.59. The molecule has 0 aliphatic rings. The van der Waals surface area contributed by atoms with Gasteiger partial charge in [-0.2, -0.15) is 26.3 Å². The maximum absolute atomic E-state index is 13.6. The molecule has 1 heterocycles. The van der Waals surface area contributed by atoms with Crippen LogP contribution in [0, 0.1) is 0 Å². The van der Waals surface area contributed by atoms with Crippen LogP contribution >= 0.6 is 23.2 Å². The van der Waals surface area contributed by atoms with E-state index in [1.807, 2.05) is 0 Å². The molecule has 1 N–H and O–H groups in total. The second-order valence-electron chi connectivity index (χ2n) is 7.31. The van der Waals surface area contributed by atoms with Crippen LogP contribution in [-0.4, -0.2) is 53.2 Å². The van der Waals surface area contributed by atoms with Crippen LogP contribution in [-0.2, 0) is 11.3 Å². The number of aliphatic hydroxyl groups excluding tert-OH is 1. The van der Waals surface area contributed by atoms with Gasteiger partial charge in [0, 0.05) is 31.9 Å². The number of rotatable bonds is 9. The minimum Gasteiger partial charge on any atom is -0.389 e. The number of aliphatic hydroxyl groups is 1. The molecule has 0 radical (unpaired) electrons. The van der Waals surface area contributed by atoms with E-state index in [9.17, 15) is 40.2 Å². The highest BCUT2D eigenvalue weighted by Gasteiger charge is 2.75. The fourth-order valence-electron chi connectivity index (χ4n) is 3.30. The van der Waals surface area contributed by atoms with Crippen molar-refractivity contribution in [1.82, 2.24) is 4.57 Å². The zero-order chi connectivity index (χ0) is 24.8. The summed E-state index contributed by atoms with van der Waals surface area (Å²) in [7, 11) is 0. The smallest absolute Gasteiger partial charge is 0.380 e. The van der Waals surface area contributed by atoms with Crippen LogP contribution in [0.1, 0.15) is 0 Å². The van der Waals surface area contributed by atoms with E-state index in [2.05, 4.69) is 4.74 Å². The van der Waals surface area contributed by atoms with Gasteiger partial charge in [-0.25, -0.2) is 8.78 Å². The molecule has 1 atom stereocenters. The number of alkyl halides is 8. The molecule has 1 aromatic heterocycles. The van der Waals surface area contributed by atoms with Crippen molar-refractivity contribution in [1.29, 1.82) is 0 Å². The SMILES string of the molecule is O[C@@H](COCC(F)(F)C(F)(F)C(F)(F)C(F)F)Cn1c2ccc(Cl)cc2c2cc(Cl)ccc21. The molecule has 3 aromatic rings. The average Bonchev–Trinajstić information content (AvgIpc) is 2.99. The van der Waals surface area contributed by atoms with Crippen molar-refractivity contribution in [2.24, 2.45) is 0 Å². The molecule has 2 aromatic carbocycles. The van der Waals surface area contributed by atoms with Crippen molar-refractivity contribution in [3.63, 3.8) is 0 Å². The zero-order valence-electron chi connectivity index (χ0n) is 16.3. The quantitative estimate of drug-likeness (QED) is 0.318. The molecule has 0 amide bonds. The molecular formula is C20H15Cl2F8NO2. The fraction of sp³-hybridized carbons (Fsp3) is 0.400. The number of nitrogens with zero attached hydrogens (tertiary/aromatic N) is 1. The first kappa shape index (κ1) is 25.8. The van der Waals surface area contributed by atoms with Crippen molar-refractivity contribution < 1.29 is 45.0 Å². The first-order valence-electron chi connectivity index (χ1n) is 9.23. The monoisotopic (exact) mass is 523 g/mol. The molecular weight excluding hydrogens is 509 g/mol. The third-order valence-electron chi connectivity index (χ3n) is 4.93. The summed E-state index contributed by atoms with van der Waals surface area (Å²) in [5.74, 6) is -18.3. The van der Waals surface area contributed by atoms with Crippen LogP contribution in [0.3, 0.4) is 0 Å². The van der Waals surface area contributed by atoms with Gasteiger partial charge in [-0.3, -0.25) is 0 Å². The highest BCUT2D eigenvalue weighted by Crippen LogP contribution is 2.48. The number of halogens is 10. The van der Waals surface area contributed by atoms with Gasteiger partial charge < -0.3 is 14.4 Å². The largest absolute Gasteiger partial charge is 0.389 e. The molecule has 13 heteroatoms. The van der Waals surface area contributed by atoms with Gasteiger partial charge in [-0.15, -0.1) is 0 Å². The van der Waals surface area contributed by atoms with E-state index in [1.165, 1.54) is 0 Å². The summed E-state index contributed by atoms with van der Waals surface area (Å²) in [5.41, 5.74) is 1.15. The molecule has 0 saturated heterocycles. The second-order valence-corrected chi connectivity index (χ2v) is 8.18. The van der Waals surface area contributed by atoms with Gasteiger partial charge in [0.25, 0.3) is 0 Å². The van der Waals surface area contributed by atoms with Crippen molar-refractivity contribution >= 4 is 45.0 Å². The maximum Gasteiger partial charge on any atom is 0.380 e. The van der Waals surface area contributed by atoms with Crippen molar-refractivity contribution in [2.45, 2.75) is 36.8 Å². The minimum atomic E-state index is -6.37. The Bertz CT molecular complexity index is 1090. The Morgan fingerprint density at radius 2 is 1.36 bits per heavy atom. The molecule has 0 fully saturated rings. The van der Waals surface area contributed by atoms with Gasteiger partial charge in [0.2, 0.25) is 0 Å². The van der Waals surface area contributed by atoms with Crippen LogP contribution < -0.4 is 0 Å². The van der Waals surface area contributed by atoms with E-state index >= 15 is 0 Å². The third-order valence-corrected chi connectivity index (χ3v) is 5.40. The Morgan fingerprint density at radius 3 is 1.82 bits per heavy atom. The summed E-state index contributed by atoms with van der Waals surface area (Å²) >= 11 is 12.1. The van der Waals surface area contributed by atoms with Gasteiger partial charge >= 0.3 is 24.2 Å². The molecule has 0 bridgehead atoms. The van der Waals surface area contributed by atoms with Crippen LogP contribution in [0.5, 0.6) is 0 Å². The van der Waals surface area contributed by atoms with Crippen LogP contribution in [0.4, 0.5) is 35.1 Å². The summed E-state index contributed by atoms with van der Waals surface area (Å²) in [6, 6.07) is 9.66. The molecule has 0 aliphatic carbocycles. The number of hydrogen-bond acceptors (Lipinski definition) is 2. The Hall–Kier alpha value is -1.82. The fourth-order valence-corrected chi connectivity index (χ4v) is 3.65. The van der Waals surface area contributed by atoms with Gasteiger partial charge in [0.15, 0.2) is 0 Å². The van der Waals surface area contributed by atoms with Crippen LogP contribution in [0.15, 0.2) is 36.4 Å². The molecule has 3 rings (SSSR count). The summed E-state index contributed by atoms with van der Waals surface area (Å²) in [5, 5.41) is 12.3. The molecule has 0 unspecified atom stereocenters. The van der Waals surface area contributed by atoms with Crippen molar-refractivity contribution in [2.75, 3.05) is 13.2 Å². The van der Waals surface area contributed by atoms with Gasteiger partial charge in [0.1, 0.15) is 6.61 Å². The Balaban J connectivity index is 1.76. The van der Waals surface area contributed by atoms with E-state index in [1.54, 1.807) is 41.0 Å². The number of benzene rings is 2. The zero-order valence-corrected chi connectivity index (χ0v) is 17.8. The molecule has 33 heavy (non-hydrogen) atoms. The topological polar surface area (TPSA) is 34.4 Å². The highest BCUT2D eigenvalue weighted by molar-refractivity contribution is 6.33. The number of fused-ring (bicyclic) bond motifs is 3. The molecule has 0 aliphatic heterocycles. The van der Waals surface area contributed by atoms with E-state index < -0.39 is 43.5 Å². The lowest BCUT2D eigenvalue weighted by molar-refractivity contribution is -0.346. The van der Waals surface area contributed by atoms with Crippen LogP contribution in [0.25, 0.3) is 21.8 Å². The second kappa shape index (κ2) is 9.09. The Morgan fingerprint density at radius 1 is 0.879 bits per heavy atom. The Kier molecular flexibility index (Phi) is 7.10. The normalized spacial score (nSPS) is 14.5. The van der Waals surface area contributed by atoms with Crippen LogP contribution in [0.2, 0.25) is 10.0 Å². The molecule has 0 spiro atoms. The van der Waals surface area contributed by atoms with Gasteiger partial charge in [0.05, 0.1) is 19.3 Å².